The third-order valence-electron chi connectivity index (χ3n) is 2.66. The maximum absolute atomic E-state index is 11.0. The zero-order valence-electron chi connectivity index (χ0n) is 10.0. The molecule has 3 nitrogen and oxygen atoms in total. The number of carbonyl (C=O) groups is 1. The Bertz CT molecular complexity index is 536. The molecule has 0 saturated carbocycles. The summed E-state index contributed by atoms with van der Waals surface area (Å²) in [7, 11) is 0. The minimum absolute atomic E-state index is 0.253. The van der Waals surface area contributed by atoms with Crippen molar-refractivity contribution in [3.8, 4) is 0 Å². The van der Waals surface area contributed by atoms with Gasteiger partial charge >= 0.3 is 5.97 Å². The number of aromatic nitrogens is 1. The lowest BCUT2D eigenvalue weighted by Gasteiger charge is -2.14. The van der Waals surface area contributed by atoms with Crippen molar-refractivity contribution in [2.75, 3.05) is 0 Å². The van der Waals surface area contributed by atoms with Crippen LogP contribution in [-0.2, 0) is 9.53 Å². The number of hydrogen-bond donors (Lipinski definition) is 0. The first-order chi connectivity index (χ1) is 8.20. The van der Waals surface area contributed by atoms with Gasteiger partial charge in [0.1, 0.15) is 6.10 Å². The van der Waals surface area contributed by atoms with Gasteiger partial charge in [-0.15, -0.1) is 0 Å². The van der Waals surface area contributed by atoms with E-state index in [1.165, 1.54) is 6.92 Å². The summed E-state index contributed by atoms with van der Waals surface area (Å²) in [5.74, 6) is -0.271. The van der Waals surface area contributed by atoms with Crippen LogP contribution in [0.1, 0.15) is 32.1 Å². The molecule has 88 valence electrons. The van der Waals surface area contributed by atoms with Crippen LogP contribution in [0.15, 0.2) is 36.5 Å². The minimum Gasteiger partial charge on any atom is -0.456 e. The summed E-state index contributed by atoms with van der Waals surface area (Å²) in [6.07, 6.45) is 2.29. The van der Waals surface area contributed by atoms with Gasteiger partial charge in [-0.3, -0.25) is 9.78 Å². The minimum atomic E-state index is -0.271. The van der Waals surface area contributed by atoms with E-state index < -0.39 is 0 Å². The highest BCUT2D eigenvalue weighted by Gasteiger charge is 2.14. The van der Waals surface area contributed by atoms with E-state index in [9.17, 15) is 4.79 Å². The number of hydrogen-bond acceptors (Lipinski definition) is 3. The molecule has 1 aromatic carbocycles. The van der Waals surface area contributed by atoms with Gasteiger partial charge in [0.25, 0.3) is 0 Å². The third kappa shape index (κ3) is 2.61. The van der Waals surface area contributed by atoms with E-state index in [0.29, 0.717) is 0 Å². The quantitative estimate of drug-likeness (QED) is 0.758. The summed E-state index contributed by atoms with van der Waals surface area (Å²) >= 11 is 0. The van der Waals surface area contributed by atoms with E-state index in [1.54, 1.807) is 0 Å². The Hall–Kier alpha value is -1.90. The molecule has 0 spiro atoms. The molecule has 0 saturated heterocycles. The number of fused-ring (bicyclic) bond motifs is 1. The lowest BCUT2D eigenvalue weighted by molar-refractivity contribution is -0.147. The van der Waals surface area contributed by atoms with E-state index in [0.717, 1.165) is 22.9 Å². The molecule has 0 fully saturated rings. The van der Waals surface area contributed by atoms with Crippen molar-refractivity contribution >= 4 is 16.7 Å². The maximum atomic E-state index is 11.0. The molecule has 1 atom stereocenters. The molecule has 0 aliphatic heterocycles. The van der Waals surface area contributed by atoms with E-state index >= 15 is 0 Å². The second-order valence-corrected chi connectivity index (χ2v) is 3.96. The molecule has 0 unspecified atom stereocenters. The molecule has 2 rings (SSSR count). The Morgan fingerprint density at radius 2 is 2.06 bits per heavy atom. The van der Waals surface area contributed by atoms with Crippen molar-refractivity contribution in [3.05, 3.63) is 42.2 Å². The normalized spacial score (nSPS) is 12.4. The summed E-state index contributed by atoms with van der Waals surface area (Å²) in [5.41, 5.74) is 0.807. The monoisotopic (exact) mass is 229 g/mol. The molecule has 17 heavy (non-hydrogen) atoms. The molecule has 0 radical (unpaired) electrons. The first kappa shape index (κ1) is 11.6. The summed E-state index contributed by atoms with van der Waals surface area (Å²) < 4.78 is 5.23. The van der Waals surface area contributed by atoms with E-state index in [2.05, 4.69) is 4.98 Å². The van der Waals surface area contributed by atoms with Crippen molar-refractivity contribution in [2.24, 2.45) is 0 Å². The van der Waals surface area contributed by atoms with Crippen molar-refractivity contribution < 1.29 is 9.53 Å². The third-order valence-corrected chi connectivity index (χ3v) is 2.66. The van der Waals surface area contributed by atoms with Crippen molar-refractivity contribution in [2.45, 2.75) is 26.4 Å². The molecule has 0 bridgehead atoms. The van der Waals surface area contributed by atoms with Crippen LogP contribution < -0.4 is 0 Å². The fourth-order valence-electron chi connectivity index (χ4n) is 1.83. The molecule has 1 heterocycles. The highest BCUT2D eigenvalue weighted by Crippen LogP contribution is 2.22. The first-order valence-electron chi connectivity index (χ1n) is 5.72. The summed E-state index contributed by atoms with van der Waals surface area (Å²) in [4.78, 5) is 15.4. The van der Waals surface area contributed by atoms with Crippen molar-refractivity contribution in [1.29, 1.82) is 0 Å². The van der Waals surface area contributed by atoms with Gasteiger partial charge in [-0.05, 0) is 17.9 Å². The van der Waals surface area contributed by atoms with Gasteiger partial charge in [-0.2, -0.15) is 0 Å². The van der Waals surface area contributed by atoms with Gasteiger partial charge in [0.05, 0.1) is 5.69 Å². The second-order valence-electron chi connectivity index (χ2n) is 3.96. The number of ether oxygens (including phenoxy) is 1. The zero-order chi connectivity index (χ0) is 12.3. The molecule has 1 aromatic heterocycles. The topological polar surface area (TPSA) is 39.2 Å². The molecule has 3 heteroatoms. The van der Waals surface area contributed by atoms with E-state index in [-0.39, 0.29) is 12.1 Å². The fraction of sp³-hybridized carbons (Fsp3) is 0.286. The Labute approximate surface area is 100 Å². The predicted octanol–water partition coefficient (Wildman–Crippen LogP) is 3.25. The van der Waals surface area contributed by atoms with Gasteiger partial charge in [0, 0.05) is 18.5 Å². The van der Waals surface area contributed by atoms with Gasteiger partial charge in [-0.25, -0.2) is 0 Å². The summed E-state index contributed by atoms with van der Waals surface area (Å²) in [5, 5.41) is 2.21. The number of pyridine rings is 1. The number of benzene rings is 1. The zero-order valence-corrected chi connectivity index (χ0v) is 10.0. The number of nitrogens with zero attached hydrogens (tertiary/aromatic N) is 1. The van der Waals surface area contributed by atoms with Crippen molar-refractivity contribution in [3.63, 3.8) is 0 Å². The van der Waals surface area contributed by atoms with Crippen LogP contribution in [0, 0.1) is 0 Å². The van der Waals surface area contributed by atoms with Crippen LogP contribution in [-0.4, -0.2) is 11.0 Å². The summed E-state index contributed by atoms with van der Waals surface area (Å²) in [6.45, 7) is 3.40. The fourth-order valence-corrected chi connectivity index (χ4v) is 1.83. The van der Waals surface area contributed by atoms with Crippen LogP contribution >= 0.6 is 0 Å². The van der Waals surface area contributed by atoms with Gasteiger partial charge < -0.3 is 4.74 Å². The van der Waals surface area contributed by atoms with E-state index in [1.807, 2.05) is 43.5 Å². The molecule has 0 aliphatic carbocycles. The molecule has 2 aromatic rings. The average Bonchev–Trinajstić information content (AvgIpc) is 2.35. The smallest absolute Gasteiger partial charge is 0.303 e. The van der Waals surface area contributed by atoms with Gasteiger partial charge in [-0.1, -0.05) is 31.2 Å². The molecular weight excluding hydrogens is 214 g/mol. The molecule has 0 aliphatic rings. The molecule has 0 N–H and O–H groups in total. The lowest BCUT2D eigenvalue weighted by atomic mass is 10.1. The second kappa shape index (κ2) is 4.95. The SMILES string of the molecule is CC[C@@H](OC(C)=O)c1cc2ccccc2cn1. The molecular formula is C14H15NO2. The van der Waals surface area contributed by atoms with Crippen LogP contribution in [0.3, 0.4) is 0 Å². The first-order valence-corrected chi connectivity index (χ1v) is 5.72. The number of rotatable bonds is 3. The predicted molar refractivity (Wildman–Crippen MR) is 66.5 cm³/mol. The van der Waals surface area contributed by atoms with E-state index in [4.69, 9.17) is 4.74 Å². The average molecular weight is 229 g/mol. The highest BCUT2D eigenvalue weighted by molar-refractivity contribution is 5.81. The van der Waals surface area contributed by atoms with Crippen LogP contribution in [0.4, 0.5) is 0 Å². The number of carbonyl (C=O) groups excluding carboxylic acids is 1. The highest BCUT2D eigenvalue weighted by atomic mass is 16.5. The van der Waals surface area contributed by atoms with Crippen LogP contribution in [0.2, 0.25) is 0 Å². The van der Waals surface area contributed by atoms with Gasteiger partial charge in [0.15, 0.2) is 0 Å². The van der Waals surface area contributed by atoms with Crippen LogP contribution in [0.25, 0.3) is 10.8 Å². The molecule has 0 amide bonds. The number of esters is 1. The largest absolute Gasteiger partial charge is 0.456 e. The van der Waals surface area contributed by atoms with Crippen molar-refractivity contribution in [1.82, 2.24) is 4.98 Å². The Kier molecular flexibility index (Phi) is 3.38. The van der Waals surface area contributed by atoms with Gasteiger partial charge in [0.2, 0.25) is 0 Å². The van der Waals surface area contributed by atoms with Crippen LogP contribution in [0.5, 0.6) is 0 Å². The summed E-state index contributed by atoms with van der Waals surface area (Å²) in [6, 6.07) is 9.98. The Balaban J connectivity index is 2.37. The Morgan fingerprint density at radius 1 is 1.35 bits per heavy atom. The Morgan fingerprint density at radius 3 is 2.71 bits per heavy atom. The maximum Gasteiger partial charge on any atom is 0.303 e. The standard InChI is InChI=1S/C14H15NO2/c1-3-14(17-10(2)16)13-8-11-6-4-5-7-12(11)9-15-13/h4-9,14H,3H2,1-2H3/t14-/m1/s1. The lowest BCUT2D eigenvalue weighted by Crippen LogP contribution is -2.09.